The second-order valence-electron chi connectivity index (χ2n) is 4.08. The van der Waals surface area contributed by atoms with E-state index in [1.165, 1.54) is 5.56 Å². The Morgan fingerprint density at radius 2 is 1.94 bits per heavy atom. The van der Waals surface area contributed by atoms with E-state index in [1.54, 1.807) is 11.3 Å². The third-order valence-corrected chi connectivity index (χ3v) is 3.40. The van der Waals surface area contributed by atoms with Crippen LogP contribution in [-0.4, -0.2) is 12.4 Å². The van der Waals surface area contributed by atoms with Crippen LogP contribution in [0.3, 0.4) is 0 Å². The summed E-state index contributed by atoms with van der Waals surface area (Å²) < 4.78 is 5.49. The molecule has 0 radical (unpaired) electrons. The number of thiophene rings is 1. The zero-order valence-corrected chi connectivity index (χ0v) is 11.0. The van der Waals surface area contributed by atoms with Gasteiger partial charge in [0, 0.05) is 12.8 Å². The second kappa shape index (κ2) is 6.97. The van der Waals surface area contributed by atoms with Gasteiger partial charge in [0.05, 0.1) is 6.61 Å². The molecular formula is C15H16O2S. The molecule has 1 aromatic heterocycles. The molecule has 1 aromatic carbocycles. The lowest BCUT2D eigenvalue weighted by molar-refractivity contribution is -0.119. The van der Waals surface area contributed by atoms with Gasteiger partial charge in [-0.25, -0.2) is 0 Å². The highest BCUT2D eigenvalue weighted by atomic mass is 32.1. The average molecular weight is 260 g/mol. The summed E-state index contributed by atoms with van der Waals surface area (Å²) in [6.07, 6.45) is 1.93. The van der Waals surface area contributed by atoms with Gasteiger partial charge in [0.15, 0.2) is 0 Å². The lowest BCUT2D eigenvalue weighted by Gasteiger charge is -2.05. The molecular weight excluding hydrogens is 244 g/mol. The first kappa shape index (κ1) is 12.8. The van der Waals surface area contributed by atoms with Gasteiger partial charge in [-0.3, -0.25) is 4.79 Å². The van der Waals surface area contributed by atoms with E-state index in [2.05, 4.69) is 11.4 Å². The molecule has 2 rings (SSSR count). The van der Waals surface area contributed by atoms with Gasteiger partial charge in [-0.05, 0) is 40.9 Å². The number of hydrogen-bond donors (Lipinski definition) is 0. The van der Waals surface area contributed by atoms with Crippen LogP contribution in [0.2, 0.25) is 0 Å². The van der Waals surface area contributed by atoms with E-state index >= 15 is 0 Å². The number of benzene rings is 1. The van der Waals surface area contributed by atoms with Gasteiger partial charge in [-0.2, -0.15) is 11.3 Å². The van der Waals surface area contributed by atoms with Crippen LogP contribution in [0.25, 0.3) is 0 Å². The molecule has 2 nitrogen and oxygen atoms in total. The molecule has 3 heteroatoms. The van der Waals surface area contributed by atoms with Crippen molar-refractivity contribution in [3.63, 3.8) is 0 Å². The normalized spacial score (nSPS) is 10.2. The van der Waals surface area contributed by atoms with E-state index in [0.29, 0.717) is 19.4 Å². The van der Waals surface area contributed by atoms with Crippen LogP contribution in [0, 0.1) is 0 Å². The summed E-state index contributed by atoms with van der Waals surface area (Å²) in [5.74, 6) is 1.08. The molecule has 0 bridgehead atoms. The molecule has 0 saturated carbocycles. The Balaban J connectivity index is 1.63. The average Bonchev–Trinajstić information content (AvgIpc) is 2.91. The molecule has 0 atom stereocenters. The van der Waals surface area contributed by atoms with E-state index in [1.807, 2.05) is 35.7 Å². The fourth-order valence-electron chi connectivity index (χ4n) is 1.64. The summed E-state index contributed by atoms with van der Waals surface area (Å²) in [5, 5.41) is 4.13. The fourth-order valence-corrected chi connectivity index (χ4v) is 2.35. The smallest absolute Gasteiger partial charge is 0.136 e. The van der Waals surface area contributed by atoms with Crippen molar-refractivity contribution in [2.45, 2.75) is 19.3 Å². The van der Waals surface area contributed by atoms with Crippen molar-refractivity contribution in [2.75, 3.05) is 6.61 Å². The molecule has 0 fully saturated rings. The number of ether oxygens (including phenoxy) is 1. The summed E-state index contributed by atoms with van der Waals surface area (Å²) in [7, 11) is 0. The zero-order chi connectivity index (χ0) is 12.6. The number of rotatable bonds is 7. The Morgan fingerprint density at radius 3 is 2.67 bits per heavy atom. The monoisotopic (exact) mass is 260 g/mol. The number of Topliss-reactive ketones (excluding diaryl/α,β-unsaturated/α-hetero) is 1. The van der Waals surface area contributed by atoms with Crippen molar-refractivity contribution in [3.8, 4) is 5.75 Å². The molecule has 0 N–H and O–H groups in total. The largest absolute Gasteiger partial charge is 0.493 e. The number of hydrogen-bond acceptors (Lipinski definition) is 3. The maximum atomic E-state index is 11.7. The molecule has 0 saturated heterocycles. The van der Waals surface area contributed by atoms with Crippen LogP contribution >= 0.6 is 11.3 Å². The number of carbonyl (C=O) groups excluding carboxylic acids is 1. The molecule has 0 aliphatic heterocycles. The van der Waals surface area contributed by atoms with E-state index in [9.17, 15) is 4.79 Å². The van der Waals surface area contributed by atoms with Gasteiger partial charge in [0.2, 0.25) is 0 Å². The van der Waals surface area contributed by atoms with Gasteiger partial charge in [-0.15, -0.1) is 0 Å². The molecule has 0 aliphatic carbocycles. The van der Waals surface area contributed by atoms with Gasteiger partial charge in [-0.1, -0.05) is 18.2 Å². The van der Waals surface area contributed by atoms with Gasteiger partial charge in [0.1, 0.15) is 11.5 Å². The number of ketones is 1. The first-order valence-electron chi connectivity index (χ1n) is 6.05. The molecule has 0 amide bonds. The topological polar surface area (TPSA) is 26.3 Å². The maximum absolute atomic E-state index is 11.7. The Morgan fingerprint density at radius 1 is 1.11 bits per heavy atom. The van der Waals surface area contributed by atoms with E-state index in [4.69, 9.17) is 4.74 Å². The molecule has 18 heavy (non-hydrogen) atoms. The molecule has 0 spiro atoms. The SMILES string of the molecule is O=C(CCOc1ccccc1)CCc1ccsc1. The Hall–Kier alpha value is -1.61. The molecule has 0 aliphatic rings. The van der Waals surface area contributed by atoms with E-state index in [0.717, 1.165) is 12.2 Å². The summed E-state index contributed by atoms with van der Waals surface area (Å²) in [6, 6.07) is 11.7. The van der Waals surface area contributed by atoms with Crippen LogP contribution in [0.1, 0.15) is 18.4 Å². The lowest BCUT2D eigenvalue weighted by atomic mass is 10.1. The summed E-state index contributed by atoms with van der Waals surface area (Å²) in [4.78, 5) is 11.7. The van der Waals surface area contributed by atoms with Gasteiger partial charge in [0.25, 0.3) is 0 Å². The summed E-state index contributed by atoms with van der Waals surface area (Å²) >= 11 is 1.67. The van der Waals surface area contributed by atoms with Gasteiger partial charge >= 0.3 is 0 Å². The standard InChI is InChI=1S/C15H16O2S/c16-14(7-6-13-9-11-18-12-13)8-10-17-15-4-2-1-3-5-15/h1-5,9,11-12H,6-8,10H2. The lowest BCUT2D eigenvalue weighted by Crippen LogP contribution is -2.07. The minimum absolute atomic E-state index is 0.261. The van der Waals surface area contributed by atoms with Crippen LogP contribution in [0.15, 0.2) is 47.2 Å². The maximum Gasteiger partial charge on any atom is 0.136 e. The second-order valence-corrected chi connectivity index (χ2v) is 4.86. The number of carbonyl (C=O) groups is 1. The summed E-state index contributed by atoms with van der Waals surface area (Å²) in [6.45, 7) is 0.465. The van der Waals surface area contributed by atoms with E-state index in [-0.39, 0.29) is 5.78 Å². The van der Waals surface area contributed by atoms with Crippen molar-refractivity contribution < 1.29 is 9.53 Å². The fraction of sp³-hybridized carbons (Fsp3) is 0.267. The predicted octanol–water partition coefficient (Wildman–Crippen LogP) is 3.72. The van der Waals surface area contributed by atoms with Crippen LogP contribution in [-0.2, 0) is 11.2 Å². The highest BCUT2D eigenvalue weighted by molar-refractivity contribution is 7.07. The Labute approximate surface area is 111 Å². The predicted molar refractivity (Wildman–Crippen MR) is 74.2 cm³/mol. The minimum Gasteiger partial charge on any atom is -0.493 e. The van der Waals surface area contributed by atoms with Crippen molar-refractivity contribution in [1.82, 2.24) is 0 Å². The van der Waals surface area contributed by atoms with Crippen molar-refractivity contribution in [1.29, 1.82) is 0 Å². The van der Waals surface area contributed by atoms with Crippen LogP contribution in [0.4, 0.5) is 0 Å². The minimum atomic E-state index is 0.261. The van der Waals surface area contributed by atoms with Crippen LogP contribution in [0.5, 0.6) is 5.75 Å². The van der Waals surface area contributed by atoms with Crippen molar-refractivity contribution in [2.24, 2.45) is 0 Å². The Bertz CT molecular complexity index is 463. The third kappa shape index (κ3) is 4.34. The molecule has 0 unspecified atom stereocenters. The van der Waals surface area contributed by atoms with Crippen molar-refractivity contribution in [3.05, 3.63) is 52.7 Å². The van der Waals surface area contributed by atoms with Crippen molar-refractivity contribution >= 4 is 17.1 Å². The summed E-state index contributed by atoms with van der Waals surface area (Å²) in [5.41, 5.74) is 1.25. The first-order chi connectivity index (χ1) is 8.84. The molecule has 94 valence electrons. The number of aryl methyl sites for hydroxylation is 1. The zero-order valence-electron chi connectivity index (χ0n) is 10.2. The van der Waals surface area contributed by atoms with Crippen LogP contribution < -0.4 is 4.74 Å². The number of para-hydroxylation sites is 1. The van der Waals surface area contributed by atoms with E-state index < -0.39 is 0 Å². The quantitative estimate of drug-likeness (QED) is 0.758. The Kier molecular flexibility index (Phi) is 4.97. The highest BCUT2D eigenvalue weighted by Crippen LogP contribution is 2.11. The molecule has 1 heterocycles. The molecule has 2 aromatic rings. The first-order valence-corrected chi connectivity index (χ1v) is 6.99. The highest BCUT2D eigenvalue weighted by Gasteiger charge is 2.03. The van der Waals surface area contributed by atoms with Gasteiger partial charge < -0.3 is 4.74 Å². The third-order valence-electron chi connectivity index (χ3n) is 2.67.